The van der Waals surface area contributed by atoms with E-state index >= 15 is 0 Å². The third-order valence-electron chi connectivity index (χ3n) is 4.98. The molecule has 0 aromatic heterocycles. The summed E-state index contributed by atoms with van der Waals surface area (Å²) < 4.78 is 27.0. The fourth-order valence-electron chi connectivity index (χ4n) is 3.20. The highest BCUT2D eigenvalue weighted by atomic mass is 32.2. The number of aliphatic imine (C=N–C) groups is 1. The molecule has 1 fully saturated rings. The second kappa shape index (κ2) is 7.67. The Morgan fingerprint density at radius 1 is 1.37 bits per heavy atom. The third-order valence-corrected chi connectivity index (χ3v) is 6.38. The number of carbonyl (C=O) groups is 2. The van der Waals surface area contributed by atoms with Crippen LogP contribution in [0.25, 0.3) is 0 Å². The van der Waals surface area contributed by atoms with Crippen LogP contribution in [0.3, 0.4) is 0 Å². The Hall–Kier alpha value is -2.42. The number of amidine groups is 1. The summed E-state index contributed by atoms with van der Waals surface area (Å²) >= 11 is 0. The van der Waals surface area contributed by atoms with Crippen molar-refractivity contribution in [1.29, 1.82) is 0 Å². The van der Waals surface area contributed by atoms with Gasteiger partial charge in [0.05, 0.1) is 4.90 Å². The summed E-state index contributed by atoms with van der Waals surface area (Å²) in [5, 5.41) is 5.50. The van der Waals surface area contributed by atoms with E-state index in [1.165, 1.54) is 6.07 Å². The molecule has 27 heavy (non-hydrogen) atoms. The van der Waals surface area contributed by atoms with Crippen molar-refractivity contribution < 1.29 is 18.0 Å². The molecule has 1 unspecified atom stereocenters. The van der Waals surface area contributed by atoms with Crippen molar-refractivity contribution >= 4 is 27.7 Å². The maximum Gasteiger partial charge on any atom is 0.263 e. The number of carbonyl (C=O) groups excluding carboxylic acids is 2. The van der Waals surface area contributed by atoms with Gasteiger partial charge in [-0.1, -0.05) is 32.4 Å². The number of hydrogen-bond acceptors (Lipinski definition) is 5. The number of sulfonamides is 1. The van der Waals surface area contributed by atoms with Crippen molar-refractivity contribution in [2.75, 3.05) is 6.54 Å². The fraction of sp³-hybridized carbons (Fsp3) is 0.500. The summed E-state index contributed by atoms with van der Waals surface area (Å²) in [6.07, 6.45) is 2.06. The normalized spacial score (nSPS) is 24.4. The second-order valence-electron chi connectivity index (χ2n) is 6.90. The maximum absolute atomic E-state index is 12.8. The number of nitrogens with zero attached hydrogens (tertiary/aromatic N) is 1. The molecule has 3 rings (SSSR count). The molecule has 2 amide bonds. The first-order valence-corrected chi connectivity index (χ1v) is 10.6. The highest BCUT2D eigenvalue weighted by Gasteiger charge is 2.34. The van der Waals surface area contributed by atoms with E-state index in [1.807, 2.05) is 13.8 Å². The van der Waals surface area contributed by atoms with Gasteiger partial charge in [-0.05, 0) is 30.9 Å². The minimum Gasteiger partial charge on any atom is -0.354 e. The van der Waals surface area contributed by atoms with Gasteiger partial charge < -0.3 is 10.6 Å². The van der Waals surface area contributed by atoms with Gasteiger partial charge in [0, 0.05) is 12.1 Å². The van der Waals surface area contributed by atoms with Crippen molar-refractivity contribution in [1.82, 2.24) is 15.4 Å². The van der Waals surface area contributed by atoms with Gasteiger partial charge in [0.2, 0.25) is 11.8 Å². The van der Waals surface area contributed by atoms with Crippen LogP contribution in [0.15, 0.2) is 34.2 Å². The molecular formula is C18H24N4O4S. The lowest BCUT2D eigenvalue weighted by Crippen LogP contribution is -2.53. The summed E-state index contributed by atoms with van der Waals surface area (Å²) in [7, 11) is -3.67. The smallest absolute Gasteiger partial charge is 0.263 e. The first-order valence-electron chi connectivity index (χ1n) is 9.11. The minimum absolute atomic E-state index is 0.124. The summed E-state index contributed by atoms with van der Waals surface area (Å²) in [4.78, 5) is 29.4. The van der Waals surface area contributed by atoms with Gasteiger partial charge >= 0.3 is 0 Å². The second-order valence-corrected chi connectivity index (χ2v) is 8.55. The summed E-state index contributed by atoms with van der Waals surface area (Å²) in [6.45, 7) is 4.43. The molecule has 146 valence electrons. The van der Waals surface area contributed by atoms with Crippen molar-refractivity contribution in [2.24, 2.45) is 10.9 Å². The molecule has 0 aliphatic carbocycles. The molecule has 0 radical (unpaired) electrons. The number of rotatable bonds is 5. The van der Waals surface area contributed by atoms with E-state index in [0.717, 1.165) is 6.42 Å². The Morgan fingerprint density at radius 3 is 2.81 bits per heavy atom. The van der Waals surface area contributed by atoms with E-state index in [9.17, 15) is 18.0 Å². The van der Waals surface area contributed by atoms with E-state index in [1.54, 1.807) is 18.2 Å². The van der Waals surface area contributed by atoms with Gasteiger partial charge in [-0.15, -0.1) is 0 Å². The summed E-state index contributed by atoms with van der Waals surface area (Å²) in [5.41, 5.74) is 0.453. The molecule has 2 heterocycles. The lowest BCUT2D eigenvalue weighted by Gasteiger charge is -2.26. The Labute approximate surface area is 158 Å². The highest BCUT2D eigenvalue weighted by molar-refractivity contribution is 7.90. The van der Waals surface area contributed by atoms with E-state index in [-0.39, 0.29) is 28.5 Å². The van der Waals surface area contributed by atoms with E-state index in [0.29, 0.717) is 24.9 Å². The summed E-state index contributed by atoms with van der Waals surface area (Å²) in [6, 6.07) is 5.15. The Kier molecular flexibility index (Phi) is 5.50. The number of nitrogens with one attached hydrogen (secondary N) is 3. The molecule has 0 saturated carbocycles. The molecule has 9 heteroatoms. The van der Waals surface area contributed by atoms with Crippen molar-refractivity contribution in [3.63, 3.8) is 0 Å². The molecule has 2 aliphatic heterocycles. The van der Waals surface area contributed by atoms with Crippen molar-refractivity contribution in [2.45, 2.75) is 50.1 Å². The van der Waals surface area contributed by atoms with Gasteiger partial charge in [-0.25, -0.2) is 8.42 Å². The minimum atomic E-state index is -3.67. The molecule has 3 N–H and O–H groups in total. The van der Waals surface area contributed by atoms with E-state index < -0.39 is 22.1 Å². The number of amides is 2. The van der Waals surface area contributed by atoms with Crippen LogP contribution in [0, 0.1) is 5.92 Å². The zero-order chi connectivity index (χ0) is 19.6. The standard InChI is InChI=1S/C18H24N4O4S/c1-3-11(2)15(18(24)20-13-8-6-10-19-17(13)23)21-16-12-7-4-5-9-14(12)27(25,26)22-16/h4-5,7,9,11,13,15H,3,6,8,10H2,1-2H3,(H,19,23)(H,20,24)(H,21,22)/t11-,13?,15-/m0/s1. The Balaban J connectivity index is 1.89. The Morgan fingerprint density at radius 2 is 2.11 bits per heavy atom. The molecular weight excluding hydrogens is 368 g/mol. The molecule has 3 atom stereocenters. The first kappa shape index (κ1) is 19.3. The monoisotopic (exact) mass is 392 g/mol. The van der Waals surface area contributed by atoms with Gasteiger partial charge in [0.25, 0.3) is 10.0 Å². The molecule has 2 aliphatic rings. The fourth-order valence-corrected chi connectivity index (χ4v) is 4.44. The van der Waals surface area contributed by atoms with Crippen LogP contribution in [0.5, 0.6) is 0 Å². The zero-order valence-electron chi connectivity index (χ0n) is 15.4. The average molecular weight is 392 g/mol. The predicted molar refractivity (Wildman–Crippen MR) is 101 cm³/mol. The SMILES string of the molecule is CC[C@H](C)[C@H](N=C1NS(=O)(=O)c2ccccc21)C(=O)NC1CCCNC1=O. The third kappa shape index (κ3) is 3.97. The van der Waals surface area contributed by atoms with E-state index in [4.69, 9.17) is 0 Å². The molecule has 0 spiro atoms. The lowest BCUT2D eigenvalue weighted by molar-refractivity contribution is -0.131. The van der Waals surface area contributed by atoms with Crippen LogP contribution >= 0.6 is 0 Å². The van der Waals surface area contributed by atoms with Crippen LogP contribution in [0.2, 0.25) is 0 Å². The number of fused-ring (bicyclic) bond motifs is 1. The topological polar surface area (TPSA) is 117 Å². The number of piperidine rings is 1. The largest absolute Gasteiger partial charge is 0.354 e. The van der Waals surface area contributed by atoms with Gasteiger partial charge in [0.15, 0.2) is 0 Å². The molecule has 1 saturated heterocycles. The van der Waals surface area contributed by atoms with Crippen LogP contribution in [0.4, 0.5) is 0 Å². The number of benzene rings is 1. The van der Waals surface area contributed by atoms with Crippen LogP contribution in [0.1, 0.15) is 38.7 Å². The van der Waals surface area contributed by atoms with Crippen LogP contribution in [-0.2, 0) is 19.6 Å². The maximum atomic E-state index is 12.8. The number of hydrogen-bond donors (Lipinski definition) is 3. The van der Waals surface area contributed by atoms with E-state index in [2.05, 4.69) is 20.3 Å². The van der Waals surface area contributed by atoms with Crippen molar-refractivity contribution in [3.8, 4) is 0 Å². The molecule has 8 nitrogen and oxygen atoms in total. The molecule has 0 bridgehead atoms. The van der Waals surface area contributed by atoms with Crippen LogP contribution < -0.4 is 15.4 Å². The average Bonchev–Trinajstić information content (AvgIpc) is 2.91. The van der Waals surface area contributed by atoms with Gasteiger partial charge in [0.1, 0.15) is 17.9 Å². The Bertz CT molecular complexity index is 881. The summed E-state index contributed by atoms with van der Waals surface area (Å²) in [5.74, 6) is -0.528. The lowest BCUT2D eigenvalue weighted by atomic mass is 9.97. The van der Waals surface area contributed by atoms with Crippen molar-refractivity contribution in [3.05, 3.63) is 29.8 Å². The van der Waals surface area contributed by atoms with Gasteiger partial charge in [-0.3, -0.25) is 19.3 Å². The highest BCUT2D eigenvalue weighted by Crippen LogP contribution is 2.24. The predicted octanol–water partition coefficient (Wildman–Crippen LogP) is 0.535. The zero-order valence-corrected chi connectivity index (χ0v) is 16.2. The first-order chi connectivity index (χ1) is 12.8. The molecule has 1 aromatic rings. The quantitative estimate of drug-likeness (QED) is 0.678. The van der Waals surface area contributed by atoms with Gasteiger partial charge in [-0.2, -0.15) is 0 Å². The molecule has 1 aromatic carbocycles. The van der Waals surface area contributed by atoms with Crippen LogP contribution in [-0.4, -0.2) is 44.7 Å².